The number of phenols is 1. The lowest BCUT2D eigenvalue weighted by atomic mass is 10.2. The van der Waals surface area contributed by atoms with Gasteiger partial charge in [-0.05, 0) is 52.4 Å². The van der Waals surface area contributed by atoms with E-state index in [1.54, 1.807) is 24.3 Å². The zero-order valence-corrected chi connectivity index (χ0v) is 16.6. The van der Waals surface area contributed by atoms with Gasteiger partial charge in [0.2, 0.25) is 4.77 Å². The molecule has 1 aromatic heterocycles. The van der Waals surface area contributed by atoms with Crippen molar-refractivity contribution in [2.45, 2.75) is 0 Å². The summed E-state index contributed by atoms with van der Waals surface area (Å²) in [5, 5.41) is 21.9. The predicted octanol–water partition coefficient (Wildman–Crippen LogP) is 5.37. The standard InChI is InChI=1S/C15H9Br2ClN4OS/c16-10-4-9(13(23)12(17)6-10)7-19-22-14(20-21-15(22)24)8-2-1-3-11(18)5-8/h1-7,23H,(H,21,24)/b19-7-. The molecule has 0 atom stereocenters. The molecule has 3 rings (SSSR count). The van der Waals surface area contributed by atoms with E-state index in [-0.39, 0.29) is 5.75 Å². The molecule has 24 heavy (non-hydrogen) atoms. The summed E-state index contributed by atoms with van der Waals surface area (Å²) in [6, 6.07) is 10.7. The summed E-state index contributed by atoms with van der Waals surface area (Å²) >= 11 is 17.9. The van der Waals surface area contributed by atoms with E-state index >= 15 is 0 Å². The summed E-state index contributed by atoms with van der Waals surface area (Å²) in [5.74, 6) is 0.605. The highest BCUT2D eigenvalue weighted by Crippen LogP contribution is 2.30. The number of rotatable bonds is 3. The van der Waals surface area contributed by atoms with Crippen LogP contribution in [0.25, 0.3) is 11.4 Å². The van der Waals surface area contributed by atoms with Crippen LogP contribution >= 0.6 is 55.7 Å². The van der Waals surface area contributed by atoms with E-state index in [4.69, 9.17) is 23.8 Å². The van der Waals surface area contributed by atoms with Crippen LogP contribution < -0.4 is 0 Å². The maximum absolute atomic E-state index is 10.1. The molecular weight excluding hydrogens is 480 g/mol. The highest BCUT2D eigenvalue weighted by Gasteiger charge is 2.10. The van der Waals surface area contributed by atoms with E-state index in [1.807, 2.05) is 12.1 Å². The van der Waals surface area contributed by atoms with Crippen molar-refractivity contribution in [2.75, 3.05) is 0 Å². The van der Waals surface area contributed by atoms with Gasteiger partial charge in [0, 0.05) is 20.6 Å². The highest BCUT2D eigenvalue weighted by atomic mass is 79.9. The maximum atomic E-state index is 10.1. The lowest BCUT2D eigenvalue weighted by Crippen LogP contribution is -1.95. The topological polar surface area (TPSA) is 66.2 Å². The Bertz CT molecular complexity index is 999. The smallest absolute Gasteiger partial charge is 0.216 e. The van der Waals surface area contributed by atoms with Gasteiger partial charge in [0.05, 0.1) is 10.7 Å². The van der Waals surface area contributed by atoms with Crippen LogP contribution in [-0.2, 0) is 0 Å². The van der Waals surface area contributed by atoms with Crippen LogP contribution in [0.2, 0.25) is 5.02 Å². The van der Waals surface area contributed by atoms with Crippen molar-refractivity contribution in [1.82, 2.24) is 14.9 Å². The van der Waals surface area contributed by atoms with Gasteiger partial charge in [-0.25, -0.2) is 5.10 Å². The molecule has 0 saturated carbocycles. The van der Waals surface area contributed by atoms with E-state index in [0.29, 0.717) is 25.7 Å². The molecule has 0 spiro atoms. The third-order valence-corrected chi connectivity index (χ3v) is 4.66. The minimum Gasteiger partial charge on any atom is -0.506 e. The van der Waals surface area contributed by atoms with E-state index in [9.17, 15) is 5.11 Å². The Hall–Kier alpha value is -1.48. The van der Waals surface area contributed by atoms with E-state index in [0.717, 1.165) is 10.0 Å². The predicted molar refractivity (Wildman–Crippen MR) is 104 cm³/mol. The minimum atomic E-state index is 0.0845. The van der Waals surface area contributed by atoms with E-state index in [2.05, 4.69) is 47.2 Å². The number of aromatic nitrogens is 3. The van der Waals surface area contributed by atoms with Crippen molar-refractivity contribution in [3.05, 3.63) is 60.7 Å². The Morgan fingerprint density at radius 1 is 1.29 bits per heavy atom. The number of benzene rings is 2. The SMILES string of the molecule is Oc1c(Br)cc(Br)cc1/C=N\n1c(-c2cccc(Cl)c2)n[nH]c1=S. The average Bonchev–Trinajstić information content (AvgIpc) is 2.90. The number of hydrogen-bond acceptors (Lipinski definition) is 4. The van der Waals surface area contributed by atoms with E-state index < -0.39 is 0 Å². The van der Waals surface area contributed by atoms with Crippen LogP contribution in [0.15, 0.2) is 50.4 Å². The Morgan fingerprint density at radius 3 is 2.83 bits per heavy atom. The zero-order chi connectivity index (χ0) is 17.3. The Labute approximate surface area is 164 Å². The molecule has 0 radical (unpaired) electrons. The Kier molecular flexibility index (Phi) is 5.19. The fourth-order valence-corrected chi connectivity index (χ4v) is 3.65. The fraction of sp³-hybridized carbons (Fsp3) is 0. The molecule has 0 amide bonds. The number of aromatic hydroxyl groups is 1. The highest BCUT2D eigenvalue weighted by molar-refractivity contribution is 9.11. The van der Waals surface area contributed by atoms with Crippen molar-refractivity contribution < 1.29 is 5.11 Å². The van der Waals surface area contributed by atoms with Gasteiger partial charge >= 0.3 is 0 Å². The lowest BCUT2D eigenvalue weighted by molar-refractivity contribution is 0.471. The first-order valence-corrected chi connectivity index (χ1v) is 8.98. The van der Waals surface area contributed by atoms with Crippen molar-refractivity contribution in [1.29, 1.82) is 0 Å². The second-order valence-electron chi connectivity index (χ2n) is 4.74. The molecule has 3 aromatic rings. The molecule has 0 aliphatic heterocycles. The molecule has 0 saturated heterocycles. The van der Waals surface area contributed by atoms with Gasteiger partial charge in [-0.3, -0.25) is 0 Å². The molecule has 5 nitrogen and oxygen atoms in total. The number of phenolic OH excluding ortho intramolecular Hbond substituents is 1. The summed E-state index contributed by atoms with van der Waals surface area (Å²) in [5.41, 5.74) is 1.29. The Morgan fingerprint density at radius 2 is 2.08 bits per heavy atom. The zero-order valence-electron chi connectivity index (χ0n) is 11.9. The van der Waals surface area contributed by atoms with Crippen LogP contribution in [0.4, 0.5) is 0 Å². The number of hydrogen-bond donors (Lipinski definition) is 2. The van der Waals surface area contributed by atoms with Gasteiger partial charge in [-0.15, -0.1) is 0 Å². The van der Waals surface area contributed by atoms with Crippen LogP contribution in [0, 0.1) is 4.77 Å². The summed E-state index contributed by atoms with van der Waals surface area (Å²) in [6.07, 6.45) is 1.50. The third-order valence-electron chi connectivity index (χ3n) is 3.10. The van der Waals surface area contributed by atoms with Gasteiger partial charge in [-0.1, -0.05) is 39.7 Å². The summed E-state index contributed by atoms with van der Waals surface area (Å²) < 4.78 is 3.16. The van der Waals surface area contributed by atoms with Gasteiger partial charge in [0.25, 0.3) is 0 Å². The van der Waals surface area contributed by atoms with Crippen molar-refractivity contribution in [2.24, 2.45) is 5.10 Å². The average molecular weight is 489 g/mol. The molecule has 0 aliphatic rings. The van der Waals surface area contributed by atoms with Gasteiger partial charge in [0.15, 0.2) is 5.82 Å². The molecule has 0 aliphatic carbocycles. The maximum Gasteiger partial charge on any atom is 0.216 e. The largest absolute Gasteiger partial charge is 0.506 e. The first kappa shape index (κ1) is 17.3. The van der Waals surface area contributed by atoms with Crippen molar-refractivity contribution >= 4 is 61.9 Å². The quantitative estimate of drug-likeness (QED) is 0.385. The number of halogens is 3. The molecule has 2 aromatic carbocycles. The first-order valence-electron chi connectivity index (χ1n) is 6.61. The fourth-order valence-electron chi connectivity index (χ4n) is 2.02. The number of nitrogens with one attached hydrogen (secondary N) is 1. The van der Waals surface area contributed by atoms with Gasteiger partial charge in [-0.2, -0.15) is 14.9 Å². The molecule has 0 fully saturated rings. The first-order chi connectivity index (χ1) is 11.5. The molecular formula is C15H9Br2ClN4OS. The Balaban J connectivity index is 2.06. The summed E-state index contributed by atoms with van der Waals surface area (Å²) in [4.78, 5) is 0. The molecule has 0 bridgehead atoms. The van der Waals surface area contributed by atoms with Crippen LogP contribution in [0.3, 0.4) is 0 Å². The number of nitrogens with zero attached hydrogens (tertiary/aromatic N) is 3. The van der Waals surface area contributed by atoms with Gasteiger partial charge in [0.1, 0.15) is 5.75 Å². The molecule has 2 N–H and O–H groups in total. The monoisotopic (exact) mass is 486 g/mol. The molecule has 9 heteroatoms. The summed E-state index contributed by atoms with van der Waals surface area (Å²) in [7, 11) is 0. The third kappa shape index (κ3) is 3.61. The van der Waals surface area contributed by atoms with Crippen LogP contribution in [0.1, 0.15) is 5.56 Å². The number of aromatic amines is 1. The van der Waals surface area contributed by atoms with Crippen molar-refractivity contribution in [3.8, 4) is 17.1 Å². The molecule has 1 heterocycles. The lowest BCUT2D eigenvalue weighted by Gasteiger charge is -2.04. The van der Waals surface area contributed by atoms with E-state index in [1.165, 1.54) is 10.9 Å². The normalized spacial score (nSPS) is 11.3. The van der Waals surface area contributed by atoms with Crippen molar-refractivity contribution in [3.63, 3.8) is 0 Å². The van der Waals surface area contributed by atoms with Crippen LogP contribution in [-0.4, -0.2) is 26.2 Å². The second kappa shape index (κ2) is 7.18. The molecule has 122 valence electrons. The van der Waals surface area contributed by atoms with Crippen LogP contribution in [0.5, 0.6) is 5.75 Å². The minimum absolute atomic E-state index is 0.0845. The van der Waals surface area contributed by atoms with Gasteiger partial charge < -0.3 is 5.11 Å². The number of H-pyrrole nitrogens is 1. The second-order valence-corrected chi connectivity index (χ2v) is 7.34. The molecule has 0 unspecified atom stereocenters. The summed E-state index contributed by atoms with van der Waals surface area (Å²) in [6.45, 7) is 0.